The second-order valence-electron chi connectivity index (χ2n) is 4.50. The normalized spacial score (nSPS) is 23.5. The fraction of sp³-hybridized carbons (Fsp3) is 0.538. The highest BCUT2D eigenvalue weighted by Crippen LogP contribution is 2.20. The van der Waals surface area contributed by atoms with Crippen molar-refractivity contribution in [3.8, 4) is 0 Å². The van der Waals surface area contributed by atoms with Crippen LogP contribution in [0.1, 0.15) is 12.0 Å². The zero-order valence-corrected chi connectivity index (χ0v) is 9.76. The molecular weight excluding hydrogens is 200 g/mol. The van der Waals surface area contributed by atoms with Gasteiger partial charge < -0.3 is 5.11 Å². The number of aliphatic hydroxyl groups is 1. The molecule has 1 heterocycles. The van der Waals surface area contributed by atoms with Crippen LogP contribution in [-0.4, -0.2) is 36.4 Å². The summed E-state index contributed by atoms with van der Waals surface area (Å²) in [6, 6.07) is 10.5. The van der Waals surface area contributed by atoms with Crippen LogP contribution in [0.3, 0.4) is 0 Å². The molecule has 0 aromatic heterocycles. The molecule has 0 saturated carbocycles. The van der Waals surface area contributed by atoms with Crippen LogP contribution in [0, 0.1) is 5.92 Å². The number of nitrogens with zero attached hydrogens (tertiary/aromatic N) is 1. The van der Waals surface area contributed by atoms with Gasteiger partial charge in [-0.1, -0.05) is 30.3 Å². The summed E-state index contributed by atoms with van der Waals surface area (Å²) >= 11 is 0. The fourth-order valence-corrected chi connectivity index (χ4v) is 2.34. The number of benzene rings is 1. The molecule has 0 radical (unpaired) electrons. The van der Waals surface area contributed by atoms with Gasteiger partial charge in [-0.15, -0.1) is 0 Å². The molecular formula is C13H20N2O. The third-order valence-electron chi connectivity index (χ3n) is 3.30. The standard InChI is InChI=1S/C13H20N2O/c1-14-13(16)12-7-8-15(10-12)9-11-5-3-2-4-6-11/h2-6,12-14,16H,7-10H2,1H3. The Labute approximate surface area is 97.1 Å². The van der Waals surface area contributed by atoms with Gasteiger partial charge in [-0.3, -0.25) is 10.2 Å². The second kappa shape index (κ2) is 5.43. The summed E-state index contributed by atoms with van der Waals surface area (Å²) in [5, 5.41) is 12.6. The van der Waals surface area contributed by atoms with E-state index in [4.69, 9.17) is 0 Å². The highest BCUT2D eigenvalue weighted by Gasteiger charge is 2.27. The smallest absolute Gasteiger partial charge is 0.108 e. The highest BCUT2D eigenvalue weighted by atomic mass is 16.3. The topological polar surface area (TPSA) is 35.5 Å². The van der Waals surface area contributed by atoms with Gasteiger partial charge >= 0.3 is 0 Å². The van der Waals surface area contributed by atoms with Gasteiger partial charge in [0.25, 0.3) is 0 Å². The number of hydrogen-bond acceptors (Lipinski definition) is 3. The predicted molar refractivity (Wildman–Crippen MR) is 64.9 cm³/mol. The lowest BCUT2D eigenvalue weighted by Gasteiger charge is -2.19. The Bertz CT molecular complexity index is 315. The average Bonchev–Trinajstić information content (AvgIpc) is 2.78. The summed E-state index contributed by atoms with van der Waals surface area (Å²) in [5.74, 6) is 0.369. The molecule has 1 saturated heterocycles. The van der Waals surface area contributed by atoms with Crippen molar-refractivity contribution in [1.29, 1.82) is 0 Å². The zero-order valence-electron chi connectivity index (χ0n) is 9.76. The molecule has 1 aromatic carbocycles. The second-order valence-corrected chi connectivity index (χ2v) is 4.50. The Morgan fingerprint density at radius 1 is 1.44 bits per heavy atom. The summed E-state index contributed by atoms with van der Waals surface area (Å²) < 4.78 is 0. The van der Waals surface area contributed by atoms with Gasteiger partial charge in [0, 0.05) is 19.0 Å². The molecule has 3 heteroatoms. The largest absolute Gasteiger partial charge is 0.378 e. The van der Waals surface area contributed by atoms with Gasteiger partial charge in [0.1, 0.15) is 6.23 Å². The molecule has 0 aliphatic carbocycles. The molecule has 0 amide bonds. The third-order valence-corrected chi connectivity index (χ3v) is 3.30. The zero-order chi connectivity index (χ0) is 11.4. The number of hydrogen-bond donors (Lipinski definition) is 2. The van der Waals surface area contributed by atoms with Crippen LogP contribution >= 0.6 is 0 Å². The average molecular weight is 220 g/mol. The van der Waals surface area contributed by atoms with E-state index in [1.54, 1.807) is 0 Å². The first-order valence-corrected chi connectivity index (χ1v) is 5.91. The monoisotopic (exact) mass is 220 g/mol. The predicted octanol–water partition coefficient (Wildman–Crippen LogP) is 1.05. The van der Waals surface area contributed by atoms with E-state index in [2.05, 4.69) is 34.5 Å². The maximum atomic E-state index is 9.70. The molecule has 3 nitrogen and oxygen atoms in total. The minimum Gasteiger partial charge on any atom is -0.378 e. The third kappa shape index (κ3) is 2.82. The van der Waals surface area contributed by atoms with Crippen molar-refractivity contribution in [2.75, 3.05) is 20.1 Å². The van der Waals surface area contributed by atoms with Crippen LogP contribution in [0.5, 0.6) is 0 Å². The van der Waals surface area contributed by atoms with E-state index in [1.165, 1.54) is 5.56 Å². The van der Waals surface area contributed by atoms with Crippen LogP contribution in [0.4, 0.5) is 0 Å². The Morgan fingerprint density at radius 2 is 2.19 bits per heavy atom. The summed E-state index contributed by atoms with van der Waals surface area (Å²) in [6.45, 7) is 3.06. The molecule has 1 aliphatic heterocycles. The van der Waals surface area contributed by atoms with Gasteiger partial charge in [0.2, 0.25) is 0 Å². The number of nitrogens with one attached hydrogen (secondary N) is 1. The molecule has 2 N–H and O–H groups in total. The first-order chi connectivity index (χ1) is 7.79. The van der Waals surface area contributed by atoms with E-state index in [9.17, 15) is 5.11 Å². The molecule has 1 fully saturated rings. The van der Waals surface area contributed by atoms with Gasteiger partial charge in [-0.05, 0) is 25.6 Å². The van der Waals surface area contributed by atoms with Crippen molar-refractivity contribution >= 4 is 0 Å². The van der Waals surface area contributed by atoms with Crippen molar-refractivity contribution in [2.45, 2.75) is 19.2 Å². The number of aliphatic hydroxyl groups excluding tert-OH is 1. The van der Waals surface area contributed by atoms with Gasteiger partial charge in [0.05, 0.1) is 0 Å². The van der Waals surface area contributed by atoms with Crippen molar-refractivity contribution in [2.24, 2.45) is 5.92 Å². The SMILES string of the molecule is CNC(O)C1CCN(Cc2ccccc2)C1. The molecule has 2 atom stereocenters. The van der Waals surface area contributed by atoms with Crippen molar-refractivity contribution in [1.82, 2.24) is 10.2 Å². The number of rotatable bonds is 4. The van der Waals surface area contributed by atoms with E-state index >= 15 is 0 Å². The molecule has 2 rings (SSSR count). The molecule has 2 unspecified atom stereocenters. The van der Waals surface area contributed by atoms with E-state index in [0.717, 1.165) is 26.1 Å². The minimum absolute atomic E-state index is 0.360. The van der Waals surface area contributed by atoms with E-state index in [1.807, 2.05) is 13.1 Å². The van der Waals surface area contributed by atoms with E-state index in [0.29, 0.717) is 5.92 Å². The van der Waals surface area contributed by atoms with Crippen LogP contribution in [0.25, 0.3) is 0 Å². The highest BCUT2D eigenvalue weighted by molar-refractivity contribution is 5.14. The lowest BCUT2D eigenvalue weighted by molar-refractivity contribution is 0.0849. The lowest BCUT2D eigenvalue weighted by atomic mass is 10.1. The minimum atomic E-state index is -0.360. The van der Waals surface area contributed by atoms with Crippen molar-refractivity contribution < 1.29 is 5.11 Å². The van der Waals surface area contributed by atoms with E-state index in [-0.39, 0.29) is 6.23 Å². The molecule has 0 bridgehead atoms. The van der Waals surface area contributed by atoms with Crippen LogP contribution in [-0.2, 0) is 6.54 Å². The van der Waals surface area contributed by atoms with Gasteiger partial charge in [0.15, 0.2) is 0 Å². The quantitative estimate of drug-likeness (QED) is 0.744. The first-order valence-electron chi connectivity index (χ1n) is 5.91. The fourth-order valence-electron chi connectivity index (χ4n) is 2.34. The van der Waals surface area contributed by atoms with Crippen molar-refractivity contribution in [3.63, 3.8) is 0 Å². The summed E-state index contributed by atoms with van der Waals surface area (Å²) in [7, 11) is 1.81. The molecule has 1 aromatic rings. The molecule has 16 heavy (non-hydrogen) atoms. The van der Waals surface area contributed by atoms with Crippen LogP contribution < -0.4 is 5.32 Å². The first kappa shape index (κ1) is 11.6. The Balaban J connectivity index is 1.85. The Hall–Kier alpha value is -0.900. The van der Waals surface area contributed by atoms with Crippen LogP contribution in [0.15, 0.2) is 30.3 Å². The van der Waals surface area contributed by atoms with E-state index < -0.39 is 0 Å². The summed E-state index contributed by atoms with van der Waals surface area (Å²) in [4.78, 5) is 2.40. The summed E-state index contributed by atoms with van der Waals surface area (Å²) in [5.41, 5.74) is 1.35. The number of likely N-dealkylation sites (tertiary alicyclic amines) is 1. The maximum absolute atomic E-state index is 9.70. The molecule has 88 valence electrons. The van der Waals surface area contributed by atoms with Crippen LogP contribution in [0.2, 0.25) is 0 Å². The molecule has 0 spiro atoms. The van der Waals surface area contributed by atoms with Gasteiger partial charge in [-0.2, -0.15) is 0 Å². The Morgan fingerprint density at radius 3 is 2.88 bits per heavy atom. The summed E-state index contributed by atoms with van der Waals surface area (Å²) in [6.07, 6.45) is 0.718. The van der Waals surface area contributed by atoms with Crippen molar-refractivity contribution in [3.05, 3.63) is 35.9 Å². The lowest BCUT2D eigenvalue weighted by Crippen LogP contribution is -2.34. The maximum Gasteiger partial charge on any atom is 0.108 e. The molecule has 1 aliphatic rings. The Kier molecular flexibility index (Phi) is 3.93. The van der Waals surface area contributed by atoms with Gasteiger partial charge in [-0.25, -0.2) is 0 Å².